The molecule has 0 saturated heterocycles. The molecule has 0 aromatic heterocycles. The Morgan fingerprint density at radius 3 is 2.52 bits per heavy atom. The lowest BCUT2D eigenvalue weighted by Gasteiger charge is -2.35. The highest BCUT2D eigenvalue weighted by molar-refractivity contribution is 7.99. The van der Waals surface area contributed by atoms with Gasteiger partial charge in [-0.3, -0.25) is 9.59 Å². The van der Waals surface area contributed by atoms with Crippen molar-refractivity contribution < 1.29 is 23.1 Å². The molecule has 2 aromatic rings. The van der Waals surface area contributed by atoms with Gasteiger partial charge in [-0.1, -0.05) is 36.0 Å². The van der Waals surface area contributed by atoms with Crippen LogP contribution in [0.1, 0.15) is 10.4 Å². The fourth-order valence-corrected chi connectivity index (χ4v) is 3.46. The number of carbonyl (C=O) groups is 2. The number of hydrogen-bond acceptors (Lipinski definition) is 4. The van der Waals surface area contributed by atoms with E-state index in [0.717, 1.165) is 0 Å². The fourth-order valence-electron chi connectivity index (χ4n) is 2.83. The SMILES string of the molecule is CN(C)C(=O)C1CN(C(=O)c2ccccc2SC(F)F)c2ccccc2O1. The van der Waals surface area contributed by atoms with Gasteiger partial charge in [0.25, 0.3) is 17.6 Å². The van der Waals surface area contributed by atoms with Gasteiger partial charge in [0.05, 0.1) is 17.8 Å². The molecule has 0 bridgehead atoms. The molecule has 0 N–H and O–H groups in total. The van der Waals surface area contributed by atoms with Gasteiger partial charge in [-0.25, -0.2) is 0 Å². The van der Waals surface area contributed by atoms with Crippen LogP contribution in [0.5, 0.6) is 5.75 Å². The Hall–Kier alpha value is -2.61. The van der Waals surface area contributed by atoms with E-state index in [2.05, 4.69) is 0 Å². The minimum Gasteiger partial charge on any atom is -0.476 e. The zero-order valence-corrected chi connectivity index (χ0v) is 15.6. The minimum atomic E-state index is -2.64. The maximum atomic E-state index is 13.2. The molecular weight excluding hydrogens is 374 g/mol. The number of likely N-dealkylation sites (N-methyl/N-ethyl adjacent to an activating group) is 1. The largest absolute Gasteiger partial charge is 0.476 e. The number of alkyl halides is 2. The monoisotopic (exact) mass is 392 g/mol. The van der Waals surface area contributed by atoms with E-state index in [9.17, 15) is 18.4 Å². The lowest BCUT2D eigenvalue weighted by atomic mass is 10.1. The number of para-hydroxylation sites is 2. The maximum Gasteiger partial charge on any atom is 0.288 e. The molecule has 0 aliphatic carbocycles. The summed E-state index contributed by atoms with van der Waals surface area (Å²) in [6.07, 6.45) is -0.867. The van der Waals surface area contributed by atoms with Crippen LogP contribution in [0.15, 0.2) is 53.4 Å². The lowest BCUT2D eigenvalue weighted by Crippen LogP contribution is -2.50. The highest BCUT2D eigenvalue weighted by Gasteiger charge is 2.35. The summed E-state index contributed by atoms with van der Waals surface area (Å²) in [5.74, 6) is -2.97. The number of halogens is 2. The molecule has 0 fully saturated rings. The van der Waals surface area contributed by atoms with Gasteiger partial charge in [0.1, 0.15) is 5.75 Å². The van der Waals surface area contributed by atoms with Gasteiger partial charge in [0.2, 0.25) is 0 Å². The summed E-state index contributed by atoms with van der Waals surface area (Å²) in [6.45, 7) is 0.000535. The Bertz CT molecular complexity index is 860. The summed E-state index contributed by atoms with van der Waals surface area (Å²) in [6, 6.07) is 13.1. The van der Waals surface area contributed by atoms with Crippen LogP contribution >= 0.6 is 11.8 Å². The average Bonchev–Trinajstić information content (AvgIpc) is 2.65. The summed E-state index contributed by atoms with van der Waals surface area (Å²) in [7, 11) is 3.21. The number of nitrogens with zero attached hydrogens (tertiary/aromatic N) is 2. The number of ether oxygens (including phenoxy) is 1. The number of rotatable bonds is 4. The third kappa shape index (κ3) is 4.05. The highest BCUT2D eigenvalue weighted by Crippen LogP contribution is 2.36. The first-order valence-corrected chi connectivity index (χ1v) is 9.09. The number of amides is 2. The van der Waals surface area contributed by atoms with Crippen molar-refractivity contribution in [2.24, 2.45) is 0 Å². The first-order chi connectivity index (χ1) is 12.9. The van der Waals surface area contributed by atoms with Crippen molar-refractivity contribution in [2.75, 3.05) is 25.5 Å². The van der Waals surface area contributed by atoms with Crippen LogP contribution in [0.3, 0.4) is 0 Å². The van der Waals surface area contributed by atoms with Gasteiger partial charge in [-0.05, 0) is 24.3 Å². The van der Waals surface area contributed by atoms with Crippen molar-refractivity contribution >= 4 is 29.3 Å². The van der Waals surface area contributed by atoms with Crippen molar-refractivity contribution in [2.45, 2.75) is 16.8 Å². The van der Waals surface area contributed by atoms with Crippen LogP contribution < -0.4 is 9.64 Å². The molecule has 5 nitrogen and oxygen atoms in total. The Morgan fingerprint density at radius 2 is 1.81 bits per heavy atom. The summed E-state index contributed by atoms with van der Waals surface area (Å²) >= 11 is 0.323. The molecule has 0 saturated carbocycles. The lowest BCUT2D eigenvalue weighted by molar-refractivity contribution is -0.135. The normalized spacial score (nSPS) is 15.9. The summed E-state index contributed by atoms with van der Waals surface area (Å²) in [5.41, 5.74) is 0.665. The second-order valence-electron chi connectivity index (χ2n) is 6.10. The van der Waals surface area contributed by atoms with Gasteiger partial charge >= 0.3 is 0 Å². The number of benzene rings is 2. The summed E-state index contributed by atoms with van der Waals surface area (Å²) in [5, 5.41) is 0. The van der Waals surface area contributed by atoms with E-state index in [1.54, 1.807) is 50.5 Å². The third-order valence-electron chi connectivity index (χ3n) is 4.07. The molecule has 3 rings (SSSR count). The fraction of sp³-hybridized carbons (Fsp3) is 0.263. The predicted molar refractivity (Wildman–Crippen MR) is 99.5 cm³/mol. The number of anilines is 1. The molecule has 27 heavy (non-hydrogen) atoms. The minimum absolute atomic E-state index is 0.000535. The first-order valence-electron chi connectivity index (χ1n) is 8.21. The average molecular weight is 392 g/mol. The molecule has 2 aromatic carbocycles. The Labute approximate surface area is 159 Å². The van der Waals surface area contributed by atoms with Crippen LogP contribution in [0.4, 0.5) is 14.5 Å². The van der Waals surface area contributed by atoms with Crippen molar-refractivity contribution in [3.63, 3.8) is 0 Å². The van der Waals surface area contributed by atoms with E-state index >= 15 is 0 Å². The second-order valence-corrected chi connectivity index (χ2v) is 7.13. The highest BCUT2D eigenvalue weighted by atomic mass is 32.2. The van der Waals surface area contributed by atoms with Gasteiger partial charge in [-0.15, -0.1) is 0 Å². The molecule has 1 unspecified atom stereocenters. The number of thioether (sulfide) groups is 1. The van der Waals surface area contributed by atoms with Crippen molar-refractivity contribution in [3.05, 3.63) is 54.1 Å². The summed E-state index contributed by atoms with van der Waals surface area (Å²) < 4.78 is 31.5. The van der Waals surface area contributed by atoms with Crippen LogP contribution in [-0.2, 0) is 4.79 Å². The maximum absolute atomic E-state index is 13.2. The van der Waals surface area contributed by atoms with Crippen LogP contribution in [-0.4, -0.2) is 49.2 Å². The zero-order chi connectivity index (χ0) is 19.6. The van der Waals surface area contributed by atoms with Crippen LogP contribution in [0, 0.1) is 0 Å². The van der Waals surface area contributed by atoms with E-state index in [-0.39, 0.29) is 22.9 Å². The molecule has 8 heteroatoms. The van der Waals surface area contributed by atoms with Crippen LogP contribution in [0.25, 0.3) is 0 Å². The molecule has 1 atom stereocenters. The van der Waals surface area contributed by atoms with E-state index in [1.807, 2.05) is 0 Å². The smallest absolute Gasteiger partial charge is 0.288 e. The summed E-state index contributed by atoms with van der Waals surface area (Å²) in [4.78, 5) is 28.6. The standard InChI is InChI=1S/C19H18F2N2O3S/c1-22(2)18(25)15-11-23(13-8-4-5-9-14(13)26-15)17(24)12-7-3-6-10-16(12)27-19(20)21/h3-10,15,19H,11H2,1-2H3. The Morgan fingerprint density at radius 1 is 1.15 bits per heavy atom. The van der Waals surface area contributed by atoms with Crippen molar-refractivity contribution in [1.29, 1.82) is 0 Å². The van der Waals surface area contributed by atoms with Gasteiger partial charge in [0, 0.05) is 19.0 Å². The number of carbonyl (C=O) groups excluding carboxylic acids is 2. The van der Waals surface area contributed by atoms with Crippen molar-refractivity contribution in [3.8, 4) is 5.75 Å². The molecule has 1 heterocycles. The number of fused-ring (bicyclic) bond motifs is 1. The topological polar surface area (TPSA) is 49.9 Å². The van der Waals surface area contributed by atoms with E-state index < -0.39 is 17.8 Å². The molecule has 0 radical (unpaired) electrons. The molecule has 0 spiro atoms. The predicted octanol–water partition coefficient (Wildman–Crippen LogP) is 3.50. The molecule has 2 amide bonds. The van der Waals surface area contributed by atoms with Crippen LogP contribution in [0.2, 0.25) is 0 Å². The first kappa shape index (κ1) is 19.2. The Balaban J connectivity index is 1.99. The van der Waals surface area contributed by atoms with E-state index in [1.165, 1.54) is 21.9 Å². The van der Waals surface area contributed by atoms with E-state index in [4.69, 9.17) is 4.74 Å². The molecule has 1 aliphatic heterocycles. The quantitative estimate of drug-likeness (QED) is 0.748. The molecular formula is C19H18F2N2O3S. The second kappa shape index (κ2) is 7.96. The van der Waals surface area contributed by atoms with E-state index in [0.29, 0.717) is 23.2 Å². The molecule has 142 valence electrons. The van der Waals surface area contributed by atoms with Crippen molar-refractivity contribution in [1.82, 2.24) is 4.90 Å². The van der Waals surface area contributed by atoms with Gasteiger partial charge in [-0.2, -0.15) is 8.78 Å². The zero-order valence-electron chi connectivity index (χ0n) is 14.8. The third-order valence-corrected chi connectivity index (χ3v) is 4.86. The number of hydrogen-bond donors (Lipinski definition) is 0. The Kier molecular flexibility index (Phi) is 5.65. The van der Waals surface area contributed by atoms with Gasteiger partial charge in [0.15, 0.2) is 6.10 Å². The molecule has 1 aliphatic rings. The van der Waals surface area contributed by atoms with Gasteiger partial charge < -0.3 is 14.5 Å².